The Morgan fingerprint density at radius 3 is 2.45 bits per heavy atom. The Morgan fingerprint density at radius 1 is 1.03 bits per heavy atom. The molecule has 9 heteroatoms. The van der Waals surface area contributed by atoms with Crippen LogP contribution >= 0.6 is 0 Å². The van der Waals surface area contributed by atoms with Gasteiger partial charge < -0.3 is 9.32 Å². The van der Waals surface area contributed by atoms with E-state index in [9.17, 15) is 22.4 Å². The van der Waals surface area contributed by atoms with Gasteiger partial charge in [-0.05, 0) is 35.9 Å². The molecule has 3 aromatic rings. The topological polar surface area (TPSA) is 49.6 Å². The van der Waals surface area contributed by atoms with Gasteiger partial charge in [0.15, 0.2) is 11.7 Å². The van der Waals surface area contributed by atoms with Gasteiger partial charge in [0.05, 0.1) is 11.8 Å². The summed E-state index contributed by atoms with van der Waals surface area (Å²) in [6, 6.07) is 11.2. The normalized spacial score (nSPS) is 15.1. The Morgan fingerprint density at radius 2 is 1.76 bits per heavy atom. The molecule has 1 saturated heterocycles. The van der Waals surface area contributed by atoms with Crippen LogP contribution in [0.5, 0.6) is 0 Å². The van der Waals surface area contributed by atoms with Crippen molar-refractivity contribution < 1.29 is 26.8 Å². The van der Waals surface area contributed by atoms with E-state index in [2.05, 4.69) is 4.98 Å². The molecule has 1 fully saturated rings. The second-order valence-electron chi connectivity index (χ2n) is 7.98. The van der Waals surface area contributed by atoms with Gasteiger partial charge in [-0.15, -0.1) is 0 Å². The third-order valence-electron chi connectivity index (χ3n) is 5.62. The first-order valence-electron chi connectivity index (χ1n) is 10.6. The van der Waals surface area contributed by atoms with Gasteiger partial charge in [-0.3, -0.25) is 9.69 Å². The fourth-order valence-corrected chi connectivity index (χ4v) is 3.81. The van der Waals surface area contributed by atoms with Gasteiger partial charge in [0.2, 0.25) is 5.91 Å². The van der Waals surface area contributed by atoms with Gasteiger partial charge in [0.25, 0.3) is 0 Å². The number of piperazine rings is 1. The molecule has 0 saturated carbocycles. The van der Waals surface area contributed by atoms with E-state index >= 15 is 0 Å². The highest BCUT2D eigenvalue weighted by atomic mass is 19.4. The summed E-state index contributed by atoms with van der Waals surface area (Å²) in [5, 5.41) is 0. The van der Waals surface area contributed by atoms with Crippen LogP contribution < -0.4 is 0 Å². The van der Waals surface area contributed by atoms with Crippen LogP contribution in [0, 0.1) is 5.82 Å². The van der Waals surface area contributed by atoms with Crippen LogP contribution in [-0.4, -0.2) is 46.9 Å². The summed E-state index contributed by atoms with van der Waals surface area (Å²) in [4.78, 5) is 20.6. The van der Waals surface area contributed by atoms with E-state index in [-0.39, 0.29) is 18.1 Å². The molecule has 0 radical (unpaired) electrons. The third kappa shape index (κ3) is 5.98. The molecule has 0 atom stereocenters. The van der Waals surface area contributed by atoms with Crippen molar-refractivity contribution in [3.05, 3.63) is 77.6 Å². The number of rotatable bonds is 6. The Hall–Kier alpha value is -3.20. The van der Waals surface area contributed by atoms with E-state index in [1.807, 2.05) is 4.90 Å². The number of hydrogen-bond donors (Lipinski definition) is 0. The minimum atomic E-state index is -4.36. The van der Waals surface area contributed by atoms with Gasteiger partial charge in [0.1, 0.15) is 5.82 Å². The lowest BCUT2D eigenvalue weighted by atomic mass is 10.1. The number of carbonyl (C=O) groups is 1. The zero-order valence-corrected chi connectivity index (χ0v) is 17.8. The van der Waals surface area contributed by atoms with Crippen LogP contribution in [0.25, 0.3) is 11.3 Å². The first-order chi connectivity index (χ1) is 15.8. The number of benzene rings is 2. The fraction of sp³-hybridized carbons (Fsp3) is 0.333. The zero-order chi connectivity index (χ0) is 23.4. The van der Waals surface area contributed by atoms with E-state index in [0.717, 1.165) is 6.07 Å². The molecule has 174 valence electrons. The first-order valence-corrected chi connectivity index (χ1v) is 10.6. The van der Waals surface area contributed by atoms with Crippen molar-refractivity contribution in [1.29, 1.82) is 0 Å². The summed E-state index contributed by atoms with van der Waals surface area (Å²) in [5.41, 5.74) is 0.659. The Kier molecular flexibility index (Phi) is 6.78. The molecule has 0 aliphatic carbocycles. The number of alkyl halides is 3. The summed E-state index contributed by atoms with van der Waals surface area (Å²) in [6.07, 6.45) is -2.20. The predicted molar refractivity (Wildman–Crippen MR) is 114 cm³/mol. The monoisotopic (exact) mass is 461 g/mol. The highest BCUT2D eigenvalue weighted by Gasteiger charge is 2.30. The standard InChI is InChI=1S/C24H23F4N3O2/c25-20-6-4-18(5-7-20)21-15-29-22(33-21)8-9-23(32)31-12-10-30(11-13-31)16-17-2-1-3-19(14-17)24(26,27)28/h1-7,14-15H,8-13,16H2. The molecule has 33 heavy (non-hydrogen) atoms. The highest BCUT2D eigenvalue weighted by Crippen LogP contribution is 2.30. The lowest BCUT2D eigenvalue weighted by Gasteiger charge is -2.34. The van der Waals surface area contributed by atoms with Crippen molar-refractivity contribution in [2.24, 2.45) is 0 Å². The van der Waals surface area contributed by atoms with Crippen molar-refractivity contribution in [2.75, 3.05) is 26.2 Å². The van der Waals surface area contributed by atoms with E-state index in [1.54, 1.807) is 29.3 Å². The molecule has 5 nitrogen and oxygen atoms in total. The molecular weight excluding hydrogens is 438 g/mol. The van der Waals surface area contributed by atoms with Gasteiger partial charge in [-0.25, -0.2) is 9.37 Å². The maximum atomic E-state index is 13.1. The smallest absolute Gasteiger partial charge is 0.416 e. The number of aryl methyl sites for hydroxylation is 1. The summed E-state index contributed by atoms with van der Waals surface area (Å²) >= 11 is 0. The molecule has 1 aromatic heterocycles. The summed E-state index contributed by atoms with van der Waals surface area (Å²) < 4.78 is 57.4. The van der Waals surface area contributed by atoms with E-state index in [4.69, 9.17) is 4.42 Å². The van der Waals surface area contributed by atoms with Crippen molar-refractivity contribution in [2.45, 2.75) is 25.6 Å². The van der Waals surface area contributed by atoms with Gasteiger partial charge in [-0.1, -0.05) is 18.2 Å². The largest absolute Gasteiger partial charge is 0.441 e. The Balaban J connectivity index is 1.24. The molecule has 0 N–H and O–H groups in total. The van der Waals surface area contributed by atoms with E-state index < -0.39 is 11.7 Å². The average molecular weight is 461 g/mol. The summed E-state index contributed by atoms with van der Waals surface area (Å²) in [7, 11) is 0. The Labute approximate surface area is 188 Å². The molecule has 2 heterocycles. The molecule has 1 aliphatic rings. The second-order valence-corrected chi connectivity index (χ2v) is 7.98. The number of oxazole rings is 1. The molecule has 2 aromatic carbocycles. The van der Waals surface area contributed by atoms with Crippen molar-refractivity contribution >= 4 is 5.91 Å². The lowest BCUT2D eigenvalue weighted by molar-refractivity contribution is -0.137. The van der Waals surface area contributed by atoms with Crippen LogP contribution in [0.1, 0.15) is 23.4 Å². The first kappa shape index (κ1) is 23.0. The number of halogens is 4. The summed E-state index contributed by atoms with van der Waals surface area (Å²) in [6.45, 7) is 2.63. The molecule has 4 rings (SSSR count). The van der Waals surface area contributed by atoms with Crippen LogP contribution in [0.2, 0.25) is 0 Å². The molecule has 1 aliphatic heterocycles. The minimum absolute atomic E-state index is 0.0183. The highest BCUT2D eigenvalue weighted by molar-refractivity contribution is 5.76. The van der Waals surface area contributed by atoms with Crippen molar-refractivity contribution in [1.82, 2.24) is 14.8 Å². The van der Waals surface area contributed by atoms with E-state index in [0.29, 0.717) is 61.9 Å². The number of nitrogens with zero attached hydrogens (tertiary/aromatic N) is 3. The van der Waals surface area contributed by atoms with Crippen LogP contribution in [-0.2, 0) is 23.9 Å². The maximum Gasteiger partial charge on any atom is 0.416 e. The molecule has 1 amide bonds. The van der Waals surface area contributed by atoms with Gasteiger partial charge in [0, 0.05) is 51.1 Å². The molecule has 0 bridgehead atoms. The molecule has 0 unspecified atom stereocenters. The summed E-state index contributed by atoms with van der Waals surface area (Å²) in [5.74, 6) is 0.598. The SMILES string of the molecule is O=C(CCc1ncc(-c2ccc(F)cc2)o1)N1CCN(Cc2cccc(C(F)(F)F)c2)CC1. The van der Waals surface area contributed by atoms with Crippen LogP contribution in [0.4, 0.5) is 17.6 Å². The van der Waals surface area contributed by atoms with Crippen molar-refractivity contribution in [3.8, 4) is 11.3 Å². The third-order valence-corrected chi connectivity index (χ3v) is 5.62. The maximum absolute atomic E-state index is 13.1. The quantitative estimate of drug-likeness (QED) is 0.496. The fourth-order valence-electron chi connectivity index (χ4n) is 3.81. The number of carbonyl (C=O) groups excluding carboxylic acids is 1. The minimum Gasteiger partial charge on any atom is -0.441 e. The van der Waals surface area contributed by atoms with Crippen molar-refractivity contribution in [3.63, 3.8) is 0 Å². The average Bonchev–Trinajstić information content (AvgIpc) is 3.27. The van der Waals surface area contributed by atoms with Crippen LogP contribution in [0.3, 0.4) is 0 Å². The zero-order valence-electron chi connectivity index (χ0n) is 17.8. The number of aromatic nitrogens is 1. The number of hydrogen-bond acceptors (Lipinski definition) is 4. The lowest BCUT2D eigenvalue weighted by Crippen LogP contribution is -2.48. The van der Waals surface area contributed by atoms with Gasteiger partial charge in [-0.2, -0.15) is 13.2 Å². The molecule has 0 spiro atoms. The van der Waals surface area contributed by atoms with E-state index in [1.165, 1.54) is 24.3 Å². The Bertz CT molecular complexity index is 1090. The number of amides is 1. The predicted octanol–water partition coefficient (Wildman–Crippen LogP) is 4.78. The van der Waals surface area contributed by atoms with Crippen LogP contribution in [0.15, 0.2) is 59.1 Å². The molecular formula is C24H23F4N3O2. The van der Waals surface area contributed by atoms with Gasteiger partial charge >= 0.3 is 6.18 Å². The second kappa shape index (κ2) is 9.74.